The molecule has 0 radical (unpaired) electrons. The van der Waals surface area contributed by atoms with E-state index in [9.17, 15) is 19.6 Å². The van der Waals surface area contributed by atoms with Crippen molar-refractivity contribution in [3.63, 3.8) is 0 Å². The van der Waals surface area contributed by atoms with E-state index in [1.165, 1.54) is 16.0 Å². The van der Waals surface area contributed by atoms with Crippen molar-refractivity contribution in [2.24, 2.45) is 12.5 Å². The number of carbonyl (C=O) groups excluding carboxylic acids is 3. The predicted molar refractivity (Wildman–Crippen MR) is 253 cm³/mol. The number of pyridine rings is 1. The van der Waals surface area contributed by atoms with Crippen molar-refractivity contribution in [3.8, 4) is 28.6 Å². The van der Waals surface area contributed by atoms with Crippen molar-refractivity contribution in [1.82, 2.24) is 54.7 Å². The molecule has 8 heterocycles. The molecule has 17 nitrogen and oxygen atoms in total. The number of nitriles is 1. The zero-order chi connectivity index (χ0) is 46.7. The van der Waals surface area contributed by atoms with Gasteiger partial charge < -0.3 is 15.1 Å². The number of likely N-dealkylation sites (tertiary alicyclic amines) is 1. The number of aromatic nitrogens is 8. The van der Waals surface area contributed by atoms with Crippen LogP contribution in [-0.2, 0) is 16.6 Å². The molecule has 5 fully saturated rings. The highest BCUT2D eigenvalue weighted by Gasteiger charge is 2.41. The second-order valence-electron chi connectivity index (χ2n) is 19.6. The van der Waals surface area contributed by atoms with E-state index >= 15 is 4.39 Å². The number of amides is 4. The van der Waals surface area contributed by atoms with Crippen LogP contribution in [0, 0.1) is 22.6 Å². The molecular formula is C50H57FN14O3. The van der Waals surface area contributed by atoms with Crippen LogP contribution >= 0.6 is 0 Å². The van der Waals surface area contributed by atoms with Crippen LogP contribution in [0.25, 0.3) is 38.9 Å². The predicted octanol–water partition coefficient (Wildman–Crippen LogP) is 7.03. The maximum absolute atomic E-state index is 16.3. The summed E-state index contributed by atoms with van der Waals surface area (Å²) >= 11 is 0. The van der Waals surface area contributed by atoms with E-state index in [1.54, 1.807) is 17.8 Å². The van der Waals surface area contributed by atoms with Gasteiger partial charge in [-0.05, 0) is 120 Å². The maximum atomic E-state index is 16.3. The van der Waals surface area contributed by atoms with Gasteiger partial charge in [-0.3, -0.25) is 29.2 Å². The molecule has 6 aromatic rings. The summed E-state index contributed by atoms with van der Waals surface area (Å²) in [6, 6.07) is 10.5. The van der Waals surface area contributed by atoms with Crippen LogP contribution in [0.2, 0.25) is 0 Å². The summed E-state index contributed by atoms with van der Waals surface area (Å²) in [7, 11) is 1.69. The Hall–Kier alpha value is -6.74. The minimum atomic E-state index is -0.537. The number of fused-ring (bicyclic) bond motifs is 2. The van der Waals surface area contributed by atoms with Crippen molar-refractivity contribution in [2.45, 2.75) is 114 Å². The number of nitrogens with zero attached hydrogens (tertiary/aromatic N) is 12. The third-order valence-corrected chi connectivity index (χ3v) is 16.0. The van der Waals surface area contributed by atoms with Crippen molar-refractivity contribution in [2.75, 3.05) is 42.5 Å². The lowest BCUT2D eigenvalue weighted by molar-refractivity contribution is -0.134. The lowest BCUT2D eigenvalue weighted by Crippen LogP contribution is -2.52. The van der Waals surface area contributed by atoms with Gasteiger partial charge in [-0.15, -0.1) is 0 Å². The third kappa shape index (κ3) is 7.83. The van der Waals surface area contributed by atoms with Crippen LogP contribution in [0.1, 0.15) is 113 Å². The first-order valence-electron chi connectivity index (χ1n) is 24.5. The number of nitrogens with one attached hydrogen (secondary N) is 2. The lowest BCUT2D eigenvalue weighted by Gasteiger charge is -2.42. The van der Waals surface area contributed by atoms with E-state index in [1.807, 2.05) is 42.9 Å². The number of carbonyl (C=O) groups is 3. The Morgan fingerprint density at radius 1 is 0.897 bits per heavy atom. The molecule has 2 N–H and O–H groups in total. The fourth-order valence-corrected chi connectivity index (χ4v) is 11.5. The lowest BCUT2D eigenvalue weighted by atomic mass is 9.74. The van der Waals surface area contributed by atoms with Crippen molar-refractivity contribution >= 4 is 45.9 Å². The van der Waals surface area contributed by atoms with Gasteiger partial charge in [-0.1, -0.05) is 13.0 Å². The van der Waals surface area contributed by atoms with E-state index in [0.29, 0.717) is 56.8 Å². The molecule has 3 saturated heterocycles. The van der Waals surface area contributed by atoms with Crippen LogP contribution in [0.3, 0.4) is 0 Å². The topological polar surface area (TPSA) is 188 Å². The van der Waals surface area contributed by atoms with Gasteiger partial charge in [0.15, 0.2) is 11.6 Å². The molecule has 4 amide bonds. The normalized spacial score (nSPS) is 21.8. The zero-order valence-electron chi connectivity index (χ0n) is 38.7. The first-order chi connectivity index (χ1) is 33.1. The molecule has 0 unspecified atom stereocenters. The van der Waals surface area contributed by atoms with Crippen LogP contribution in [0.4, 0.5) is 20.8 Å². The zero-order valence-corrected chi connectivity index (χ0v) is 38.7. The summed E-state index contributed by atoms with van der Waals surface area (Å²) < 4.78 is 21.6. The van der Waals surface area contributed by atoms with E-state index in [-0.39, 0.29) is 48.0 Å². The molecule has 0 spiro atoms. The van der Waals surface area contributed by atoms with Crippen LogP contribution in [0.5, 0.6) is 0 Å². The molecule has 5 aliphatic rings. The van der Waals surface area contributed by atoms with Gasteiger partial charge in [0.05, 0.1) is 41.4 Å². The fraction of sp³-hybridized carbons (Fsp3) is 0.500. The van der Waals surface area contributed by atoms with E-state index in [2.05, 4.69) is 54.5 Å². The largest absolute Gasteiger partial charge is 0.357 e. The molecule has 18 heteroatoms. The Kier molecular flexibility index (Phi) is 11.4. The van der Waals surface area contributed by atoms with Gasteiger partial charge in [0.1, 0.15) is 28.5 Å². The van der Waals surface area contributed by atoms with Crippen molar-refractivity contribution in [3.05, 3.63) is 72.2 Å². The molecule has 11 rings (SSSR count). The van der Waals surface area contributed by atoms with Crippen molar-refractivity contribution < 1.29 is 18.8 Å². The van der Waals surface area contributed by atoms with Gasteiger partial charge in [-0.25, -0.2) is 23.7 Å². The smallest absolute Gasteiger partial charge is 0.329 e. The summed E-state index contributed by atoms with van der Waals surface area (Å²) in [5, 5.41) is 30.1. The maximum Gasteiger partial charge on any atom is 0.329 e. The van der Waals surface area contributed by atoms with Gasteiger partial charge in [-0.2, -0.15) is 20.6 Å². The highest BCUT2D eigenvalue weighted by molar-refractivity contribution is 6.09. The van der Waals surface area contributed by atoms with Gasteiger partial charge in [0.25, 0.3) is 0 Å². The molecule has 352 valence electrons. The molecule has 2 aliphatic carbocycles. The first-order valence-corrected chi connectivity index (χ1v) is 24.5. The van der Waals surface area contributed by atoms with Gasteiger partial charge in [0.2, 0.25) is 11.8 Å². The minimum absolute atomic E-state index is 0.0835. The molecule has 0 bridgehead atoms. The summed E-state index contributed by atoms with van der Waals surface area (Å²) in [6.45, 7) is 5.65. The SMILES string of the molecule is CCC1(C(=O)NC2CCC2)CCN(c2ccc(-c3nc(-c4cnn([C@H]5CC[C@H](N6CCC(c7ccc8c(N9CCC(=O)NC9=O)nn(C)c8c7F)CC6)CC5)c4)cn4ncc(C#N)c34)cn2)CC1. The quantitative estimate of drug-likeness (QED) is 0.144. The number of halogens is 1. The number of hydrogen-bond acceptors (Lipinski definition) is 11. The van der Waals surface area contributed by atoms with Crippen LogP contribution in [-0.4, -0.2) is 107 Å². The summed E-state index contributed by atoms with van der Waals surface area (Å²) in [6.07, 6.45) is 20.9. The molecule has 2 saturated carbocycles. The standard InChI is InChI=1S/C50H57FN14O3/c1-3-50(48(67)56-35-5-4-6-35)18-23-62(24-19-50)41-14-7-32(26-53-41)44-45-33(25-52)27-55-65(45)30-40(57-44)34-28-54-64(29-34)37-10-8-36(9-11-37)61-20-15-31(16-21-61)38-12-13-39-46(43(38)51)60(2)59-47(39)63-22-17-42(66)58-49(63)68/h7,12-14,26-31,35-37H,3-6,8-11,15-24H2,1-2H3,(H,56,67)(H,58,66,68)/t36-,37-. The monoisotopic (exact) mass is 920 g/mol. The minimum Gasteiger partial charge on any atom is -0.357 e. The highest BCUT2D eigenvalue weighted by atomic mass is 19.1. The average Bonchev–Trinajstić information content (AvgIpc) is 4.11. The third-order valence-electron chi connectivity index (χ3n) is 16.0. The Balaban J connectivity index is 0.727. The van der Waals surface area contributed by atoms with E-state index in [4.69, 9.17) is 15.1 Å². The Labute approximate surface area is 393 Å². The van der Waals surface area contributed by atoms with Gasteiger partial charge >= 0.3 is 6.03 Å². The van der Waals surface area contributed by atoms with E-state index in [0.717, 1.165) is 114 Å². The Bertz CT molecular complexity index is 2940. The molecule has 68 heavy (non-hydrogen) atoms. The second kappa shape index (κ2) is 17.7. The van der Waals surface area contributed by atoms with Gasteiger partial charge in [0, 0.05) is 74.1 Å². The second-order valence-corrected chi connectivity index (χ2v) is 19.6. The fourth-order valence-electron chi connectivity index (χ4n) is 11.5. The summed E-state index contributed by atoms with van der Waals surface area (Å²) in [5.41, 5.74) is 4.77. The molecule has 3 aliphatic heterocycles. The average molecular weight is 921 g/mol. The Morgan fingerprint density at radius 2 is 1.68 bits per heavy atom. The van der Waals surface area contributed by atoms with E-state index < -0.39 is 6.03 Å². The molecule has 1 aromatic carbocycles. The summed E-state index contributed by atoms with van der Waals surface area (Å²) in [4.78, 5) is 53.9. The number of piperidine rings is 2. The first kappa shape index (κ1) is 43.8. The molecule has 5 aromatic heterocycles. The number of anilines is 2. The summed E-state index contributed by atoms with van der Waals surface area (Å²) in [5.74, 6) is 0.901. The molecular weight excluding hydrogens is 864 g/mol. The Morgan fingerprint density at radius 3 is 2.37 bits per heavy atom. The number of imide groups is 1. The number of benzene rings is 1. The number of urea groups is 1. The number of hydrogen-bond donors (Lipinski definition) is 2. The van der Waals surface area contributed by atoms with Crippen molar-refractivity contribution in [1.29, 1.82) is 5.26 Å². The number of aryl methyl sites for hydroxylation is 1. The number of rotatable bonds is 10. The van der Waals surface area contributed by atoms with Crippen LogP contribution in [0.15, 0.2) is 55.2 Å². The van der Waals surface area contributed by atoms with Crippen LogP contribution < -0.4 is 20.4 Å². The highest BCUT2D eigenvalue weighted by Crippen LogP contribution is 2.41. The molecule has 0 atom stereocenters.